The number of hydrogen-bond acceptors (Lipinski definition) is 3. The maximum Gasteiger partial charge on any atom is 0.0928 e. The monoisotopic (exact) mass is 287 g/mol. The summed E-state index contributed by atoms with van der Waals surface area (Å²) in [6, 6.07) is 2.17. The van der Waals surface area contributed by atoms with E-state index >= 15 is 0 Å². The van der Waals surface area contributed by atoms with Crippen molar-refractivity contribution in [2.45, 2.75) is 25.0 Å². The second-order valence-corrected chi connectivity index (χ2v) is 6.67. The van der Waals surface area contributed by atoms with Gasteiger partial charge in [-0.15, -0.1) is 11.3 Å². The average molecular weight is 288 g/mol. The SMILES string of the molecule is OC1(C2CC2)CN(Cc2cc(Br)cs2)C1. The van der Waals surface area contributed by atoms with Crippen molar-refractivity contribution >= 4 is 27.3 Å². The van der Waals surface area contributed by atoms with Crippen LogP contribution in [0.5, 0.6) is 0 Å². The van der Waals surface area contributed by atoms with Gasteiger partial charge in [0.05, 0.1) is 5.60 Å². The summed E-state index contributed by atoms with van der Waals surface area (Å²) < 4.78 is 1.17. The van der Waals surface area contributed by atoms with E-state index in [9.17, 15) is 5.11 Å². The van der Waals surface area contributed by atoms with E-state index < -0.39 is 0 Å². The second-order valence-electron chi connectivity index (χ2n) is 4.75. The molecule has 1 aliphatic heterocycles. The average Bonchev–Trinajstić information content (AvgIpc) is 2.90. The number of rotatable bonds is 3. The Morgan fingerprint density at radius 2 is 2.27 bits per heavy atom. The standard InChI is InChI=1S/C11H14BrNOS/c12-9-3-10(15-5-9)4-13-6-11(14,7-13)8-1-2-8/h3,5,8,14H,1-2,4,6-7H2. The first kappa shape index (κ1) is 10.3. The molecule has 0 atom stereocenters. The van der Waals surface area contributed by atoms with Crippen molar-refractivity contribution in [2.75, 3.05) is 13.1 Å². The molecular weight excluding hydrogens is 274 g/mol. The van der Waals surface area contributed by atoms with Crippen LogP contribution in [0.1, 0.15) is 17.7 Å². The largest absolute Gasteiger partial charge is 0.387 e. The van der Waals surface area contributed by atoms with Gasteiger partial charge in [0.2, 0.25) is 0 Å². The lowest BCUT2D eigenvalue weighted by Gasteiger charge is -2.47. The minimum Gasteiger partial charge on any atom is -0.387 e. The van der Waals surface area contributed by atoms with Crippen LogP contribution in [0.4, 0.5) is 0 Å². The van der Waals surface area contributed by atoms with E-state index in [1.165, 1.54) is 22.2 Å². The Kier molecular flexibility index (Phi) is 2.43. The van der Waals surface area contributed by atoms with Crippen molar-refractivity contribution in [1.29, 1.82) is 0 Å². The van der Waals surface area contributed by atoms with Gasteiger partial charge in [-0.25, -0.2) is 0 Å². The van der Waals surface area contributed by atoms with Crippen LogP contribution < -0.4 is 0 Å². The molecule has 3 rings (SSSR count). The molecule has 4 heteroatoms. The summed E-state index contributed by atoms with van der Waals surface area (Å²) in [7, 11) is 0. The van der Waals surface area contributed by atoms with Crippen molar-refractivity contribution in [3.05, 3.63) is 20.8 Å². The van der Waals surface area contributed by atoms with E-state index in [0.29, 0.717) is 5.92 Å². The van der Waals surface area contributed by atoms with E-state index in [1.54, 1.807) is 11.3 Å². The number of halogens is 1. The third kappa shape index (κ3) is 2.00. The zero-order chi connectivity index (χ0) is 10.5. The Labute approximate surface area is 102 Å². The maximum atomic E-state index is 10.2. The van der Waals surface area contributed by atoms with E-state index in [1.807, 2.05) is 0 Å². The van der Waals surface area contributed by atoms with Gasteiger partial charge in [0, 0.05) is 34.4 Å². The molecule has 82 valence electrons. The summed E-state index contributed by atoms with van der Waals surface area (Å²) in [6.45, 7) is 2.73. The Bertz CT molecular complexity index is 368. The number of β-amino-alcohol motifs (C(OH)–C–C–N with tert-alkyl or cyclic N) is 1. The van der Waals surface area contributed by atoms with Crippen LogP contribution in [0.2, 0.25) is 0 Å². The molecule has 0 spiro atoms. The normalized spacial score (nSPS) is 25.2. The highest BCUT2D eigenvalue weighted by molar-refractivity contribution is 9.10. The van der Waals surface area contributed by atoms with Crippen LogP contribution in [0.25, 0.3) is 0 Å². The summed E-state index contributed by atoms with van der Waals surface area (Å²) in [5.41, 5.74) is -0.339. The summed E-state index contributed by atoms with van der Waals surface area (Å²) in [6.07, 6.45) is 2.46. The molecule has 2 heterocycles. The molecule has 0 radical (unpaired) electrons. The predicted molar refractivity (Wildman–Crippen MR) is 65.0 cm³/mol. The number of thiophene rings is 1. The Hall–Kier alpha value is 0.1000. The molecule has 0 amide bonds. The van der Waals surface area contributed by atoms with Gasteiger partial charge in [-0.1, -0.05) is 0 Å². The maximum absolute atomic E-state index is 10.2. The first-order valence-corrected chi connectivity index (χ1v) is 7.01. The fraction of sp³-hybridized carbons (Fsp3) is 0.636. The summed E-state index contributed by atoms with van der Waals surface area (Å²) in [4.78, 5) is 3.70. The summed E-state index contributed by atoms with van der Waals surface area (Å²) >= 11 is 5.24. The van der Waals surface area contributed by atoms with Crippen molar-refractivity contribution in [1.82, 2.24) is 4.90 Å². The smallest absolute Gasteiger partial charge is 0.0928 e. The molecule has 1 aromatic heterocycles. The number of nitrogens with zero attached hydrogens (tertiary/aromatic N) is 1. The van der Waals surface area contributed by atoms with Gasteiger partial charge in [0.1, 0.15) is 0 Å². The summed E-state index contributed by atoms with van der Waals surface area (Å²) in [5, 5.41) is 12.3. The third-order valence-electron chi connectivity index (χ3n) is 3.33. The van der Waals surface area contributed by atoms with Crippen molar-refractivity contribution in [3.63, 3.8) is 0 Å². The summed E-state index contributed by atoms with van der Waals surface area (Å²) in [5.74, 6) is 0.601. The lowest BCUT2D eigenvalue weighted by Crippen LogP contribution is -2.62. The lowest BCUT2D eigenvalue weighted by molar-refractivity contribution is -0.116. The van der Waals surface area contributed by atoms with E-state index in [0.717, 1.165) is 19.6 Å². The first-order valence-electron chi connectivity index (χ1n) is 5.33. The molecule has 1 saturated heterocycles. The van der Waals surface area contributed by atoms with Crippen molar-refractivity contribution in [2.24, 2.45) is 5.92 Å². The van der Waals surface area contributed by atoms with E-state index in [-0.39, 0.29) is 5.60 Å². The molecule has 0 aromatic carbocycles. The quantitative estimate of drug-likeness (QED) is 0.923. The van der Waals surface area contributed by atoms with E-state index in [2.05, 4.69) is 32.3 Å². The molecule has 15 heavy (non-hydrogen) atoms. The number of hydrogen-bond donors (Lipinski definition) is 1. The van der Waals surface area contributed by atoms with Gasteiger partial charge in [-0.2, -0.15) is 0 Å². The third-order valence-corrected chi connectivity index (χ3v) is 5.02. The number of likely N-dealkylation sites (tertiary alicyclic amines) is 1. The first-order chi connectivity index (χ1) is 7.16. The van der Waals surface area contributed by atoms with Crippen molar-refractivity contribution < 1.29 is 5.11 Å². The van der Waals surface area contributed by atoms with Crippen LogP contribution in [0, 0.1) is 5.92 Å². The van der Waals surface area contributed by atoms with Gasteiger partial charge in [0.15, 0.2) is 0 Å². The van der Waals surface area contributed by atoms with Gasteiger partial charge in [0.25, 0.3) is 0 Å². The zero-order valence-electron chi connectivity index (χ0n) is 8.45. The van der Waals surface area contributed by atoms with Crippen LogP contribution in [-0.2, 0) is 6.54 Å². The topological polar surface area (TPSA) is 23.5 Å². The van der Waals surface area contributed by atoms with E-state index in [4.69, 9.17) is 0 Å². The highest BCUT2D eigenvalue weighted by Gasteiger charge is 2.51. The molecule has 1 aromatic rings. The second kappa shape index (κ2) is 3.55. The fourth-order valence-electron chi connectivity index (χ4n) is 2.38. The molecule has 2 fully saturated rings. The number of aliphatic hydroxyl groups is 1. The van der Waals surface area contributed by atoms with Crippen LogP contribution in [0.15, 0.2) is 15.9 Å². The Balaban J connectivity index is 1.55. The molecule has 2 aliphatic rings. The molecular formula is C11H14BrNOS. The molecule has 1 N–H and O–H groups in total. The molecule has 0 unspecified atom stereocenters. The van der Waals surface area contributed by atoms with Gasteiger partial charge in [-0.3, -0.25) is 4.90 Å². The molecule has 2 nitrogen and oxygen atoms in total. The molecule has 0 bridgehead atoms. The van der Waals surface area contributed by atoms with Crippen molar-refractivity contribution in [3.8, 4) is 0 Å². The highest BCUT2D eigenvalue weighted by Crippen LogP contribution is 2.44. The van der Waals surface area contributed by atoms with Gasteiger partial charge < -0.3 is 5.11 Å². The Morgan fingerprint density at radius 3 is 2.80 bits per heavy atom. The van der Waals surface area contributed by atoms with Gasteiger partial charge >= 0.3 is 0 Å². The molecule has 1 aliphatic carbocycles. The van der Waals surface area contributed by atoms with Crippen LogP contribution >= 0.6 is 27.3 Å². The zero-order valence-corrected chi connectivity index (χ0v) is 10.9. The van der Waals surface area contributed by atoms with Gasteiger partial charge in [-0.05, 0) is 40.8 Å². The predicted octanol–water partition coefficient (Wildman–Crippen LogP) is 2.47. The Morgan fingerprint density at radius 1 is 1.53 bits per heavy atom. The fourth-order valence-corrected chi connectivity index (χ4v) is 3.87. The van der Waals surface area contributed by atoms with Crippen LogP contribution in [0.3, 0.4) is 0 Å². The highest BCUT2D eigenvalue weighted by atomic mass is 79.9. The lowest BCUT2D eigenvalue weighted by atomic mass is 9.89. The minimum atomic E-state index is -0.339. The van der Waals surface area contributed by atoms with Crippen LogP contribution in [-0.4, -0.2) is 28.7 Å². The minimum absolute atomic E-state index is 0.339. The molecule has 1 saturated carbocycles.